The zero-order valence-corrected chi connectivity index (χ0v) is 11.5. The average molecular weight is 280 g/mol. The third-order valence-corrected chi connectivity index (χ3v) is 4.99. The molecule has 1 saturated carbocycles. The monoisotopic (exact) mass is 280 g/mol. The van der Waals surface area contributed by atoms with Gasteiger partial charge >= 0.3 is 5.97 Å². The highest BCUT2D eigenvalue weighted by Crippen LogP contribution is 2.50. The SMILES string of the molecule is COc1ccc(C2(C(=O)O)CC2)cc1OC1CSC1. The zero-order chi connectivity index (χ0) is 13.5. The van der Waals surface area contributed by atoms with E-state index in [1.807, 2.05) is 23.9 Å². The van der Waals surface area contributed by atoms with Crippen LogP contribution in [0.15, 0.2) is 18.2 Å². The smallest absolute Gasteiger partial charge is 0.314 e. The van der Waals surface area contributed by atoms with Crippen molar-refractivity contribution in [3.05, 3.63) is 23.8 Å². The van der Waals surface area contributed by atoms with Gasteiger partial charge in [-0.25, -0.2) is 0 Å². The van der Waals surface area contributed by atoms with Gasteiger partial charge in [-0.2, -0.15) is 11.8 Å². The van der Waals surface area contributed by atoms with Crippen LogP contribution >= 0.6 is 11.8 Å². The molecule has 1 aromatic rings. The van der Waals surface area contributed by atoms with Crippen LogP contribution in [0.1, 0.15) is 18.4 Å². The van der Waals surface area contributed by atoms with E-state index in [2.05, 4.69) is 0 Å². The maximum Gasteiger partial charge on any atom is 0.314 e. The van der Waals surface area contributed by atoms with Gasteiger partial charge in [0, 0.05) is 11.5 Å². The summed E-state index contributed by atoms with van der Waals surface area (Å²) < 4.78 is 11.2. The van der Waals surface area contributed by atoms with Gasteiger partial charge in [-0.15, -0.1) is 0 Å². The minimum Gasteiger partial charge on any atom is -0.493 e. The van der Waals surface area contributed by atoms with E-state index in [-0.39, 0.29) is 6.10 Å². The Labute approximate surface area is 116 Å². The Kier molecular flexibility index (Phi) is 3.09. The van der Waals surface area contributed by atoms with Crippen molar-refractivity contribution >= 4 is 17.7 Å². The van der Waals surface area contributed by atoms with Crippen molar-refractivity contribution in [2.75, 3.05) is 18.6 Å². The zero-order valence-electron chi connectivity index (χ0n) is 10.7. The lowest BCUT2D eigenvalue weighted by molar-refractivity contribution is -0.140. The molecule has 0 atom stereocenters. The third-order valence-electron chi connectivity index (χ3n) is 3.78. The van der Waals surface area contributed by atoms with Gasteiger partial charge in [0.2, 0.25) is 0 Å². The topological polar surface area (TPSA) is 55.8 Å². The first-order valence-corrected chi connectivity index (χ1v) is 7.47. The molecule has 4 nitrogen and oxygen atoms in total. The highest BCUT2D eigenvalue weighted by atomic mass is 32.2. The first kappa shape index (κ1) is 12.7. The summed E-state index contributed by atoms with van der Waals surface area (Å²) in [6.07, 6.45) is 1.62. The fraction of sp³-hybridized carbons (Fsp3) is 0.500. The largest absolute Gasteiger partial charge is 0.493 e. The normalized spacial score (nSPS) is 20.5. The molecule has 1 aromatic carbocycles. The molecule has 1 aliphatic heterocycles. The van der Waals surface area contributed by atoms with E-state index in [9.17, 15) is 9.90 Å². The average Bonchev–Trinajstić information content (AvgIpc) is 3.15. The number of rotatable bonds is 5. The van der Waals surface area contributed by atoms with Crippen molar-refractivity contribution in [3.8, 4) is 11.5 Å². The summed E-state index contributed by atoms with van der Waals surface area (Å²) in [6, 6.07) is 5.48. The molecular formula is C14H16O4S. The Balaban J connectivity index is 1.90. The molecule has 1 N–H and O–H groups in total. The minimum absolute atomic E-state index is 0.217. The van der Waals surface area contributed by atoms with Crippen LogP contribution in [0.3, 0.4) is 0 Å². The van der Waals surface area contributed by atoms with E-state index in [1.54, 1.807) is 13.2 Å². The van der Waals surface area contributed by atoms with Gasteiger partial charge in [-0.05, 0) is 30.5 Å². The van der Waals surface area contributed by atoms with Crippen LogP contribution in [-0.4, -0.2) is 35.8 Å². The number of methoxy groups -OCH3 is 1. The number of carboxylic acids is 1. The summed E-state index contributed by atoms with van der Waals surface area (Å²) in [5.74, 6) is 2.55. The fourth-order valence-corrected chi connectivity index (χ4v) is 2.84. The second-order valence-corrected chi connectivity index (χ2v) is 6.11. The Morgan fingerprint density at radius 2 is 2.11 bits per heavy atom. The van der Waals surface area contributed by atoms with Gasteiger partial charge < -0.3 is 14.6 Å². The lowest BCUT2D eigenvalue weighted by Crippen LogP contribution is -2.31. The van der Waals surface area contributed by atoms with Crippen LogP contribution < -0.4 is 9.47 Å². The van der Waals surface area contributed by atoms with E-state index in [4.69, 9.17) is 9.47 Å². The number of ether oxygens (including phenoxy) is 2. The van der Waals surface area contributed by atoms with Gasteiger partial charge in [0.1, 0.15) is 6.10 Å². The van der Waals surface area contributed by atoms with Crippen LogP contribution in [0.25, 0.3) is 0 Å². The number of hydrogen-bond donors (Lipinski definition) is 1. The van der Waals surface area contributed by atoms with Crippen molar-refractivity contribution in [1.29, 1.82) is 0 Å². The highest BCUT2D eigenvalue weighted by Gasteiger charge is 2.52. The second kappa shape index (κ2) is 4.63. The summed E-state index contributed by atoms with van der Waals surface area (Å²) in [5.41, 5.74) is 0.126. The molecule has 5 heteroatoms. The first-order chi connectivity index (χ1) is 9.15. The molecule has 3 rings (SSSR count). The van der Waals surface area contributed by atoms with E-state index in [1.165, 1.54) is 0 Å². The quantitative estimate of drug-likeness (QED) is 0.897. The van der Waals surface area contributed by atoms with Crippen LogP contribution in [0.2, 0.25) is 0 Å². The molecular weight excluding hydrogens is 264 g/mol. The van der Waals surface area contributed by atoms with Crippen molar-refractivity contribution in [3.63, 3.8) is 0 Å². The van der Waals surface area contributed by atoms with Crippen molar-refractivity contribution in [2.45, 2.75) is 24.4 Å². The Morgan fingerprint density at radius 3 is 2.58 bits per heavy atom. The number of aliphatic carboxylic acids is 1. The molecule has 0 radical (unpaired) electrons. The second-order valence-electron chi connectivity index (χ2n) is 5.03. The van der Waals surface area contributed by atoms with Crippen molar-refractivity contribution in [1.82, 2.24) is 0 Å². The number of carbonyl (C=O) groups is 1. The molecule has 0 bridgehead atoms. The van der Waals surface area contributed by atoms with Crippen molar-refractivity contribution < 1.29 is 19.4 Å². The molecule has 0 unspecified atom stereocenters. The van der Waals surface area contributed by atoms with Crippen LogP contribution in [0, 0.1) is 0 Å². The van der Waals surface area contributed by atoms with Gasteiger partial charge in [0.15, 0.2) is 11.5 Å². The van der Waals surface area contributed by atoms with Gasteiger partial charge in [0.05, 0.1) is 12.5 Å². The lowest BCUT2D eigenvalue weighted by atomic mass is 9.96. The fourth-order valence-electron chi connectivity index (χ4n) is 2.28. The molecule has 1 heterocycles. The van der Waals surface area contributed by atoms with Crippen molar-refractivity contribution in [2.24, 2.45) is 0 Å². The van der Waals surface area contributed by atoms with E-state index < -0.39 is 11.4 Å². The van der Waals surface area contributed by atoms with Crippen LogP contribution in [-0.2, 0) is 10.2 Å². The standard InChI is InChI=1S/C14H16O4S/c1-17-11-3-2-9(14(4-5-14)13(15)16)6-12(11)18-10-7-19-8-10/h2-3,6,10H,4-5,7-8H2,1H3,(H,15,16). The summed E-state index contributed by atoms with van der Waals surface area (Å²) >= 11 is 1.84. The number of carboxylic acid groups (broad SMARTS) is 1. The molecule has 2 fully saturated rings. The predicted octanol–water partition coefficient (Wildman–Crippen LogP) is 2.31. The Morgan fingerprint density at radius 1 is 1.37 bits per heavy atom. The summed E-state index contributed by atoms with van der Waals surface area (Å²) in [7, 11) is 1.60. The molecule has 1 aliphatic carbocycles. The summed E-state index contributed by atoms with van der Waals surface area (Å²) in [5, 5.41) is 9.34. The first-order valence-electron chi connectivity index (χ1n) is 6.32. The minimum atomic E-state index is -0.747. The molecule has 1 saturated heterocycles. The third kappa shape index (κ3) is 2.16. The highest BCUT2D eigenvalue weighted by molar-refractivity contribution is 8.00. The maximum atomic E-state index is 11.4. The van der Waals surface area contributed by atoms with E-state index in [0.717, 1.165) is 17.1 Å². The van der Waals surface area contributed by atoms with Crippen LogP contribution in [0.4, 0.5) is 0 Å². The molecule has 102 valence electrons. The molecule has 0 aromatic heterocycles. The molecule has 0 spiro atoms. The number of thioether (sulfide) groups is 1. The van der Waals surface area contributed by atoms with Crippen LogP contribution in [0.5, 0.6) is 11.5 Å². The maximum absolute atomic E-state index is 11.4. The summed E-state index contributed by atoms with van der Waals surface area (Å²) in [6.45, 7) is 0. The molecule has 0 amide bonds. The Bertz CT molecular complexity index is 506. The number of hydrogen-bond acceptors (Lipinski definition) is 4. The Hall–Kier alpha value is -1.36. The van der Waals surface area contributed by atoms with Gasteiger partial charge in [-0.3, -0.25) is 4.79 Å². The van der Waals surface area contributed by atoms with E-state index in [0.29, 0.717) is 24.3 Å². The molecule has 2 aliphatic rings. The lowest BCUT2D eigenvalue weighted by Gasteiger charge is -2.27. The summed E-state index contributed by atoms with van der Waals surface area (Å²) in [4.78, 5) is 11.4. The predicted molar refractivity (Wildman–Crippen MR) is 73.3 cm³/mol. The van der Waals surface area contributed by atoms with Gasteiger partial charge in [-0.1, -0.05) is 6.07 Å². The van der Waals surface area contributed by atoms with Gasteiger partial charge in [0.25, 0.3) is 0 Å². The number of benzene rings is 1. The van der Waals surface area contributed by atoms with E-state index >= 15 is 0 Å². The molecule has 19 heavy (non-hydrogen) atoms.